The Morgan fingerprint density at radius 1 is 1.11 bits per heavy atom. The van der Waals surface area contributed by atoms with Crippen LogP contribution in [0.4, 0.5) is 5.69 Å². The van der Waals surface area contributed by atoms with Crippen LogP contribution in [0.1, 0.15) is 36.0 Å². The Morgan fingerprint density at radius 2 is 1.78 bits per heavy atom. The molecule has 0 unspecified atom stereocenters. The molecule has 0 spiro atoms. The zero-order chi connectivity index (χ0) is 19.4. The highest BCUT2D eigenvalue weighted by Crippen LogP contribution is 2.24. The standard InChI is InChI=1S/C21H28ClN3OS/c1-4-23(15-19-9-10-20(22)27-19)21(26)17-5-7-18(8-6-17)25-13-11-24(12-14-25)16(2)3/h5-10,16H,4,11-15H2,1-3H3. The lowest BCUT2D eigenvalue weighted by molar-refractivity contribution is 0.0754. The van der Waals surface area contributed by atoms with Gasteiger partial charge in [-0.1, -0.05) is 11.6 Å². The predicted octanol–water partition coefficient (Wildman–Crippen LogP) is 4.59. The number of thiophene rings is 1. The van der Waals surface area contributed by atoms with Gasteiger partial charge >= 0.3 is 0 Å². The molecule has 0 aliphatic carbocycles. The van der Waals surface area contributed by atoms with Gasteiger partial charge in [-0.2, -0.15) is 0 Å². The van der Waals surface area contributed by atoms with Gasteiger partial charge in [-0.05, 0) is 57.2 Å². The van der Waals surface area contributed by atoms with Crippen molar-refractivity contribution in [2.24, 2.45) is 0 Å². The molecule has 1 aliphatic heterocycles. The van der Waals surface area contributed by atoms with Crippen molar-refractivity contribution in [1.82, 2.24) is 9.80 Å². The lowest BCUT2D eigenvalue weighted by Gasteiger charge is -2.38. The number of halogens is 1. The van der Waals surface area contributed by atoms with E-state index in [-0.39, 0.29) is 5.91 Å². The van der Waals surface area contributed by atoms with Crippen LogP contribution in [0.3, 0.4) is 0 Å². The Hall–Kier alpha value is -1.56. The van der Waals surface area contributed by atoms with Crippen LogP contribution in [-0.4, -0.2) is 54.5 Å². The summed E-state index contributed by atoms with van der Waals surface area (Å²) in [7, 11) is 0. The van der Waals surface area contributed by atoms with Crippen LogP contribution in [-0.2, 0) is 6.54 Å². The first-order valence-electron chi connectivity index (χ1n) is 9.60. The van der Waals surface area contributed by atoms with Crippen molar-refractivity contribution in [3.8, 4) is 0 Å². The number of piperazine rings is 1. The van der Waals surface area contributed by atoms with Crippen molar-refractivity contribution < 1.29 is 4.79 Å². The molecule has 0 bridgehead atoms. The fourth-order valence-corrected chi connectivity index (χ4v) is 4.55. The highest BCUT2D eigenvalue weighted by molar-refractivity contribution is 7.16. The van der Waals surface area contributed by atoms with E-state index in [1.807, 2.05) is 36.1 Å². The van der Waals surface area contributed by atoms with Crippen molar-refractivity contribution in [1.29, 1.82) is 0 Å². The molecule has 1 aromatic heterocycles. The molecule has 1 amide bonds. The topological polar surface area (TPSA) is 26.8 Å². The van der Waals surface area contributed by atoms with E-state index in [1.54, 1.807) is 0 Å². The van der Waals surface area contributed by atoms with Crippen molar-refractivity contribution in [3.05, 3.63) is 51.2 Å². The number of amides is 1. The first-order chi connectivity index (χ1) is 13.0. The Bertz CT molecular complexity index is 751. The zero-order valence-corrected chi connectivity index (χ0v) is 17.9. The highest BCUT2D eigenvalue weighted by Gasteiger charge is 2.20. The molecule has 2 aromatic rings. The molecule has 1 saturated heterocycles. The van der Waals surface area contributed by atoms with Crippen molar-refractivity contribution >= 4 is 34.5 Å². The first kappa shape index (κ1) is 20.2. The third kappa shape index (κ3) is 5.03. The molecule has 2 heterocycles. The Morgan fingerprint density at radius 3 is 2.30 bits per heavy atom. The van der Waals surface area contributed by atoms with Gasteiger partial charge in [0.2, 0.25) is 0 Å². The smallest absolute Gasteiger partial charge is 0.254 e. The number of rotatable bonds is 6. The summed E-state index contributed by atoms with van der Waals surface area (Å²) in [5.41, 5.74) is 1.94. The fourth-order valence-electron chi connectivity index (χ4n) is 3.45. The molecular formula is C21H28ClN3OS. The van der Waals surface area contributed by atoms with Gasteiger partial charge in [0.05, 0.1) is 10.9 Å². The van der Waals surface area contributed by atoms with Crippen LogP contribution in [0.5, 0.6) is 0 Å². The quantitative estimate of drug-likeness (QED) is 0.703. The first-order valence-corrected chi connectivity index (χ1v) is 10.8. The van der Waals surface area contributed by atoms with Crippen LogP contribution in [0.2, 0.25) is 4.34 Å². The second-order valence-electron chi connectivity index (χ2n) is 7.19. The van der Waals surface area contributed by atoms with Gasteiger partial charge in [0.15, 0.2) is 0 Å². The molecule has 146 valence electrons. The van der Waals surface area contributed by atoms with Gasteiger partial charge in [0.25, 0.3) is 5.91 Å². The Balaban J connectivity index is 1.63. The molecule has 1 aliphatic rings. The van der Waals surface area contributed by atoms with Crippen LogP contribution in [0.25, 0.3) is 0 Å². The Kier molecular flexibility index (Phi) is 6.79. The van der Waals surface area contributed by atoms with E-state index in [0.29, 0.717) is 19.1 Å². The van der Waals surface area contributed by atoms with Gasteiger partial charge in [-0.25, -0.2) is 0 Å². The number of carbonyl (C=O) groups excluding carboxylic acids is 1. The second-order valence-corrected chi connectivity index (χ2v) is 8.99. The average Bonchev–Trinajstić information content (AvgIpc) is 3.10. The monoisotopic (exact) mass is 405 g/mol. The summed E-state index contributed by atoms with van der Waals surface area (Å²) in [6, 6.07) is 12.5. The van der Waals surface area contributed by atoms with E-state index >= 15 is 0 Å². The van der Waals surface area contributed by atoms with E-state index < -0.39 is 0 Å². The van der Waals surface area contributed by atoms with Crippen LogP contribution in [0, 0.1) is 0 Å². The minimum atomic E-state index is 0.0678. The van der Waals surface area contributed by atoms with Gasteiger partial charge < -0.3 is 9.80 Å². The lowest BCUT2D eigenvalue weighted by atomic mass is 10.1. The average molecular weight is 406 g/mol. The summed E-state index contributed by atoms with van der Waals surface area (Å²) in [6.07, 6.45) is 0. The number of anilines is 1. The zero-order valence-electron chi connectivity index (χ0n) is 16.3. The summed E-state index contributed by atoms with van der Waals surface area (Å²) in [6.45, 7) is 12.0. The Labute approximate surface area is 171 Å². The molecule has 0 radical (unpaired) electrons. The van der Waals surface area contributed by atoms with Crippen LogP contribution in [0.15, 0.2) is 36.4 Å². The lowest BCUT2D eigenvalue weighted by Crippen LogP contribution is -2.48. The normalized spacial score (nSPS) is 15.4. The minimum Gasteiger partial charge on any atom is -0.369 e. The van der Waals surface area contributed by atoms with Gasteiger partial charge in [-0.15, -0.1) is 11.3 Å². The maximum atomic E-state index is 12.9. The van der Waals surface area contributed by atoms with E-state index in [9.17, 15) is 4.79 Å². The molecule has 1 fully saturated rings. The number of hydrogen-bond acceptors (Lipinski definition) is 4. The molecule has 1 aromatic carbocycles. The maximum absolute atomic E-state index is 12.9. The fraction of sp³-hybridized carbons (Fsp3) is 0.476. The number of benzene rings is 1. The molecule has 4 nitrogen and oxygen atoms in total. The van der Waals surface area contributed by atoms with Gasteiger partial charge in [0, 0.05) is 54.9 Å². The molecule has 27 heavy (non-hydrogen) atoms. The predicted molar refractivity (Wildman–Crippen MR) is 115 cm³/mol. The number of nitrogens with zero attached hydrogens (tertiary/aromatic N) is 3. The largest absolute Gasteiger partial charge is 0.369 e. The minimum absolute atomic E-state index is 0.0678. The van der Waals surface area contributed by atoms with Crippen LogP contribution < -0.4 is 4.90 Å². The molecule has 0 saturated carbocycles. The van der Waals surface area contributed by atoms with E-state index in [1.165, 1.54) is 17.0 Å². The van der Waals surface area contributed by atoms with Gasteiger partial charge in [0.1, 0.15) is 0 Å². The van der Waals surface area contributed by atoms with Crippen molar-refractivity contribution in [2.45, 2.75) is 33.4 Å². The van der Waals surface area contributed by atoms with E-state index in [4.69, 9.17) is 11.6 Å². The van der Waals surface area contributed by atoms with Crippen LogP contribution >= 0.6 is 22.9 Å². The molecule has 6 heteroatoms. The molecular weight excluding hydrogens is 378 g/mol. The highest BCUT2D eigenvalue weighted by atomic mass is 35.5. The summed E-state index contributed by atoms with van der Waals surface area (Å²) in [4.78, 5) is 20.7. The third-order valence-corrected chi connectivity index (χ3v) is 6.38. The molecule has 0 N–H and O–H groups in total. The van der Waals surface area contributed by atoms with E-state index in [2.05, 4.69) is 35.8 Å². The second kappa shape index (κ2) is 9.09. The van der Waals surface area contributed by atoms with Gasteiger partial charge in [-0.3, -0.25) is 9.69 Å². The summed E-state index contributed by atoms with van der Waals surface area (Å²) in [5.74, 6) is 0.0678. The van der Waals surface area contributed by atoms with E-state index in [0.717, 1.165) is 41.0 Å². The summed E-state index contributed by atoms with van der Waals surface area (Å²) < 4.78 is 0.760. The summed E-state index contributed by atoms with van der Waals surface area (Å²) in [5, 5.41) is 0. The summed E-state index contributed by atoms with van der Waals surface area (Å²) >= 11 is 7.54. The number of carbonyl (C=O) groups is 1. The maximum Gasteiger partial charge on any atom is 0.254 e. The van der Waals surface area contributed by atoms with Crippen molar-refractivity contribution in [2.75, 3.05) is 37.6 Å². The third-order valence-electron chi connectivity index (χ3n) is 5.17. The molecule has 3 rings (SSSR count). The molecule has 0 atom stereocenters. The SMILES string of the molecule is CCN(Cc1ccc(Cl)s1)C(=O)c1ccc(N2CCN(C(C)C)CC2)cc1. The van der Waals surface area contributed by atoms with Crippen molar-refractivity contribution in [3.63, 3.8) is 0 Å². The number of hydrogen-bond donors (Lipinski definition) is 0.